The number of methoxy groups -OCH3 is 1. The van der Waals surface area contributed by atoms with E-state index in [0.29, 0.717) is 0 Å². The number of pyridine rings is 1. The van der Waals surface area contributed by atoms with Crippen LogP contribution in [0.2, 0.25) is 0 Å². The third kappa shape index (κ3) is 2.19. The minimum absolute atomic E-state index is 0.0464. The van der Waals surface area contributed by atoms with Crippen LogP contribution < -0.4 is 4.74 Å². The Bertz CT molecular complexity index is 415. The molecule has 0 amide bonds. The number of rotatable bonds is 4. The Morgan fingerprint density at radius 3 is 2.69 bits per heavy atom. The number of aromatic nitrogens is 1. The van der Waals surface area contributed by atoms with E-state index in [1.807, 2.05) is 0 Å². The normalized spacial score (nSPS) is 10.6. The van der Waals surface area contributed by atoms with Crippen LogP contribution in [0, 0.1) is 10.1 Å². The Balaban J connectivity index is 3.50. The van der Waals surface area contributed by atoms with Gasteiger partial charge in [0.05, 0.1) is 23.6 Å². The van der Waals surface area contributed by atoms with Crippen LogP contribution in [-0.2, 0) is 5.88 Å². The minimum Gasteiger partial charge on any atom is -0.494 e. The van der Waals surface area contributed by atoms with Gasteiger partial charge in [0.15, 0.2) is 5.75 Å². The van der Waals surface area contributed by atoms with Crippen molar-refractivity contribution in [2.45, 2.75) is 12.3 Å². The molecule has 0 aliphatic rings. The molecule has 0 aliphatic heterocycles. The third-order valence-electron chi connectivity index (χ3n) is 1.87. The summed E-state index contributed by atoms with van der Waals surface area (Å²) in [6, 6.07) is 0. The fourth-order valence-electron chi connectivity index (χ4n) is 1.22. The lowest BCUT2D eigenvalue weighted by atomic mass is 10.2. The smallest absolute Gasteiger partial charge is 0.300 e. The molecule has 0 spiro atoms. The van der Waals surface area contributed by atoms with Gasteiger partial charge in [-0.05, 0) is 0 Å². The molecule has 8 heteroatoms. The number of halogens is 3. The van der Waals surface area contributed by atoms with Gasteiger partial charge in [0.1, 0.15) is 11.8 Å². The first-order chi connectivity index (χ1) is 7.52. The zero-order valence-electron chi connectivity index (χ0n) is 8.11. The van der Waals surface area contributed by atoms with Gasteiger partial charge < -0.3 is 4.74 Å². The average Bonchev–Trinajstić information content (AvgIpc) is 2.26. The lowest BCUT2D eigenvalue weighted by Crippen LogP contribution is -2.04. The maximum absolute atomic E-state index is 12.7. The molecule has 16 heavy (non-hydrogen) atoms. The van der Waals surface area contributed by atoms with Gasteiger partial charge in [0, 0.05) is 0 Å². The maximum Gasteiger partial charge on any atom is 0.300 e. The standard InChI is InChI=1S/C8H7ClF2N2O3/c1-16-7-4(2-9)12-3-5(13(14)15)6(7)8(10)11/h3,8H,2H2,1H3. The predicted octanol–water partition coefficient (Wildman–Crippen LogP) is 2.67. The summed E-state index contributed by atoms with van der Waals surface area (Å²) < 4.78 is 30.1. The molecule has 1 heterocycles. The summed E-state index contributed by atoms with van der Waals surface area (Å²) in [7, 11) is 1.13. The second kappa shape index (κ2) is 5.02. The molecule has 0 saturated carbocycles. The summed E-state index contributed by atoms with van der Waals surface area (Å²) in [5.74, 6) is -0.500. The Hall–Kier alpha value is -1.50. The fourth-order valence-corrected chi connectivity index (χ4v) is 1.41. The van der Waals surface area contributed by atoms with Crippen LogP contribution in [0.5, 0.6) is 5.75 Å². The number of ether oxygens (including phenoxy) is 1. The molecule has 1 aromatic heterocycles. The van der Waals surface area contributed by atoms with Crippen molar-refractivity contribution in [2.24, 2.45) is 0 Å². The Morgan fingerprint density at radius 1 is 1.69 bits per heavy atom. The van der Waals surface area contributed by atoms with Crippen LogP contribution in [0.15, 0.2) is 6.20 Å². The lowest BCUT2D eigenvalue weighted by Gasteiger charge is -2.10. The molecule has 5 nitrogen and oxygen atoms in total. The van der Waals surface area contributed by atoms with Crippen molar-refractivity contribution in [3.8, 4) is 5.75 Å². The molecule has 0 fully saturated rings. The van der Waals surface area contributed by atoms with Crippen LogP contribution in [-0.4, -0.2) is 17.0 Å². The first kappa shape index (κ1) is 12.6. The van der Waals surface area contributed by atoms with Crippen molar-refractivity contribution in [1.82, 2.24) is 4.98 Å². The Labute approximate surface area is 94.1 Å². The van der Waals surface area contributed by atoms with E-state index in [0.717, 1.165) is 13.3 Å². The molecule has 0 N–H and O–H groups in total. The summed E-state index contributed by atoms with van der Waals surface area (Å²) in [6.45, 7) is 0. The first-order valence-electron chi connectivity index (χ1n) is 4.07. The summed E-state index contributed by atoms with van der Waals surface area (Å²) in [5, 5.41) is 10.5. The number of hydrogen-bond donors (Lipinski definition) is 0. The fraction of sp³-hybridized carbons (Fsp3) is 0.375. The predicted molar refractivity (Wildman–Crippen MR) is 52.0 cm³/mol. The first-order valence-corrected chi connectivity index (χ1v) is 4.60. The highest BCUT2D eigenvalue weighted by molar-refractivity contribution is 6.17. The lowest BCUT2D eigenvalue weighted by molar-refractivity contribution is -0.386. The zero-order valence-corrected chi connectivity index (χ0v) is 8.87. The van der Waals surface area contributed by atoms with Crippen LogP contribution in [0.4, 0.5) is 14.5 Å². The summed E-state index contributed by atoms with van der Waals surface area (Å²) >= 11 is 5.46. The van der Waals surface area contributed by atoms with E-state index in [-0.39, 0.29) is 17.3 Å². The zero-order chi connectivity index (χ0) is 12.3. The van der Waals surface area contributed by atoms with E-state index < -0.39 is 22.6 Å². The molecule has 0 aromatic carbocycles. The maximum atomic E-state index is 12.7. The van der Waals surface area contributed by atoms with Crippen molar-refractivity contribution in [3.05, 3.63) is 27.6 Å². The highest BCUT2D eigenvalue weighted by Crippen LogP contribution is 2.38. The largest absolute Gasteiger partial charge is 0.494 e. The molecular formula is C8H7ClF2N2O3. The van der Waals surface area contributed by atoms with E-state index in [2.05, 4.69) is 9.72 Å². The van der Waals surface area contributed by atoms with E-state index in [1.165, 1.54) is 0 Å². The van der Waals surface area contributed by atoms with Crippen LogP contribution in [0.3, 0.4) is 0 Å². The Kier molecular flexibility index (Phi) is 3.94. The van der Waals surface area contributed by atoms with Gasteiger partial charge in [0.2, 0.25) is 0 Å². The van der Waals surface area contributed by atoms with E-state index in [1.54, 1.807) is 0 Å². The highest BCUT2D eigenvalue weighted by Gasteiger charge is 2.29. The van der Waals surface area contributed by atoms with Crippen LogP contribution >= 0.6 is 11.6 Å². The van der Waals surface area contributed by atoms with Gasteiger partial charge >= 0.3 is 0 Å². The minimum atomic E-state index is -3.03. The van der Waals surface area contributed by atoms with Gasteiger partial charge in [-0.2, -0.15) is 0 Å². The number of nitrogens with zero attached hydrogens (tertiary/aromatic N) is 2. The van der Waals surface area contributed by atoms with Gasteiger partial charge in [-0.15, -0.1) is 11.6 Å². The molecule has 1 aromatic rings. The van der Waals surface area contributed by atoms with E-state index in [4.69, 9.17) is 11.6 Å². The van der Waals surface area contributed by atoms with Gasteiger partial charge in [-0.25, -0.2) is 13.8 Å². The second-order valence-corrected chi connectivity index (χ2v) is 3.00. The second-order valence-electron chi connectivity index (χ2n) is 2.73. The summed E-state index contributed by atoms with van der Waals surface area (Å²) in [4.78, 5) is 13.2. The van der Waals surface area contributed by atoms with E-state index >= 15 is 0 Å². The van der Waals surface area contributed by atoms with E-state index in [9.17, 15) is 18.9 Å². The van der Waals surface area contributed by atoms with Crippen molar-refractivity contribution >= 4 is 17.3 Å². The quantitative estimate of drug-likeness (QED) is 0.469. The molecular weight excluding hydrogens is 246 g/mol. The van der Waals surface area contributed by atoms with Gasteiger partial charge in [-0.3, -0.25) is 10.1 Å². The third-order valence-corrected chi connectivity index (χ3v) is 2.12. The SMILES string of the molecule is COc1c(CCl)ncc([N+](=O)[O-])c1C(F)F. The number of nitro groups is 1. The molecule has 0 unspecified atom stereocenters. The van der Waals surface area contributed by atoms with Crippen LogP contribution in [0.1, 0.15) is 17.7 Å². The average molecular weight is 253 g/mol. The molecule has 0 saturated heterocycles. The van der Waals surface area contributed by atoms with Crippen molar-refractivity contribution in [2.75, 3.05) is 7.11 Å². The molecule has 88 valence electrons. The number of alkyl halides is 3. The molecule has 0 bridgehead atoms. The molecule has 0 atom stereocenters. The van der Waals surface area contributed by atoms with Gasteiger partial charge in [0.25, 0.3) is 12.1 Å². The highest BCUT2D eigenvalue weighted by atomic mass is 35.5. The van der Waals surface area contributed by atoms with Crippen molar-refractivity contribution < 1.29 is 18.4 Å². The van der Waals surface area contributed by atoms with Gasteiger partial charge in [-0.1, -0.05) is 0 Å². The molecule has 1 rings (SSSR count). The molecule has 0 aliphatic carbocycles. The number of hydrogen-bond acceptors (Lipinski definition) is 4. The summed E-state index contributed by atoms with van der Waals surface area (Å²) in [6.07, 6.45) is -2.28. The van der Waals surface area contributed by atoms with Crippen molar-refractivity contribution in [3.63, 3.8) is 0 Å². The van der Waals surface area contributed by atoms with Crippen molar-refractivity contribution in [1.29, 1.82) is 0 Å². The molecule has 0 radical (unpaired) electrons. The monoisotopic (exact) mass is 252 g/mol. The summed E-state index contributed by atoms with van der Waals surface area (Å²) in [5.41, 5.74) is -1.52. The Morgan fingerprint density at radius 2 is 2.31 bits per heavy atom. The van der Waals surface area contributed by atoms with Crippen LogP contribution in [0.25, 0.3) is 0 Å². The topological polar surface area (TPSA) is 65.3 Å².